The van der Waals surface area contributed by atoms with Crippen LogP contribution in [0.2, 0.25) is 0 Å². The van der Waals surface area contributed by atoms with Crippen molar-refractivity contribution in [1.82, 2.24) is 5.43 Å². The second-order valence-corrected chi connectivity index (χ2v) is 6.19. The lowest BCUT2D eigenvalue weighted by Gasteiger charge is -2.11. The second-order valence-electron chi connectivity index (χ2n) is 6.19. The Bertz CT molecular complexity index is 869. The lowest BCUT2D eigenvalue weighted by Crippen LogP contribution is -2.18. The molecule has 1 aliphatic rings. The molecule has 0 atom stereocenters. The van der Waals surface area contributed by atoms with Crippen LogP contribution in [0.5, 0.6) is 11.5 Å². The zero-order valence-corrected chi connectivity index (χ0v) is 15.8. The van der Waals surface area contributed by atoms with Crippen LogP contribution in [0.25, 0.3) is 0 Å². The minimum atomic E-state index is -0.543. The van der Waals surface area contributed by atoms with Gasteiger partial charge in [0.25, 0.3) is 0 Å². The number of esters is 1. The van der Waals surface area contributed by atoms with Gasteiger partial charge in [0, 0.05) is 5.92 Å². The minimum absolute atomic E-state index is 0.0500. The number of nitrogens with one attached hydrogen (secondary N) is 1. The van der Waals surface area contributed by atoms with Crippen LogP contribution in [0, 0.1) is 5.92 Å². The first-order valence-corrected chi connectivity index (χ1v) is 9.00. The van der Waals surface area contributed by atoms with Crippen LogP contribution in [-0.2, 0) is 16.1 Å². The Morgan fingerprint density at radius 1 is 1.21 bits per heavy atom. The number of furan rings is 1. The molecule has 0 radical (unpaired) electrons. The van der Waals surface area contributed by atoms with Crippen LogP contribution >= 0.6 is 0 Å². The van der Waals surface area contributed by atoms with Crippen LogP contribution < -0.4 is 14.9 Å². The number of rotatable bonds is 9. The lowest BCUT2D eigenvalue weighted by atomic mass is 10.2. The molecule has 148 valence electrons. The smallest absolute Gasteiger partial charge is 0.373 e. The standard InChI is InChI=1S/C20H22N2O6/c1-3-26-18-10-13(11-21-22-19(23)14-5-6-14)4-8-16(18)27-12-15-7-9-17(28-15)20(24)25-2/h4,7-11,14H,3,5-6,12H2,1-2H3,(H,22,23)/b21-11-. The summed E-state index contributed by atoms with van der Waals surface area (Å²) in [6.45, 7) is 2.46. The van der Waals surface area contributed by atoms with E-state index in [1.54, 1.807) is 30.5 Å². The molecule has 1 heterocycles. The Morgan fingerprint density at radius 2 is 2.04 bits per heavy atom. The predicted molar refractivity (Wildman–Crippen MR) is 100 cm³/mol. The molecule has 1 N–H and O–H groups in total. The number of nitrogens with zero attached hydrogens (tertiary/aromatic N) is 1. The molecule has 8 nitrogen and oxygen atoms in total. The van der Waals surface area contributed by atoms with Gasteiger partial charge in [0.1, 0.15) is 12.4 Å². The molecule has 1 aromatic heterocycles. The molecule has 0 spiro atoms. The molecule has 1 aliphatic carbocycles. The maximum Gasteiger partial charge on any atom is 0.373 e. The first kappa shape index (κ1) is 19.5. The summed E-state index contributed by atoms with van der Waals surface area (Å²) in [5.74, 6) is 1.18. The zero-order valence-electron chi connectivity index (χ0n) is 15.8. The molecule has 8 heteroatoms. The van der Waals surface area contributed by atoms with Crippen molar-refractivity contribution < 1.29 is 28.2 Å². The van der Waals surface area contributed by atoms with Crippen LogP contribution in [0.3, 0.4) is 0 Å². The molecule has 3 rings (SSSR count). The summed E-state index contributed by atoms with van der Waals surface area (Å²) < 4.78 is 21.4. The van der Waals surface area contributed by atoms with Crippen LogP contribution in [0.1, 0.15) is 41.6 Å². The van der Waals surface area contributed by atoms with Crippen LogP contribution in [0.15, 0.2) is 39.9 Å². The quantitative estimate of drug-likeness (QED) is 0.404. The topological polar surface area (TPSA) is 99.4 Å². The SMILES string of the molecule is CCOc1cc(/C=N\NC(=O)C2CC2)ccc1OCc1ccc(C(=O)OC)o1. The highest BCUT2D eigenvalue weighted by Gasteiger charge is 2.29. The largest absolute Gasteiger partial charge is 0.490 e. The monoisotopic (exact) mass is 386 g/mol. The van der Waals surface area contributed by atoms with Crippen molar-refractivity contribution >= 4 is 18.1 Å². The van der Waals surface area contributed by atoms with Gasteiger partial charge in [-0.25, -0.2) is 10.2 Å². The first-order valence-electron chi connectivity index (χ1n) is 9.00. The Kier molecular flexibility index (Phi) is 6.31. The normalized spacial score (nSPS) is 13.4. The van der Waals surface area contributed by atoms with E-state index < -0.39 is 5.97 Å². The van der Waals surface area contributed by atoms with E-state index in [2.05, 4.69) is 15.3 Å². The second kappa shape index (κ2) is 9.07. The average molecular weight is 386 g/mol. The van der Waals surface area contributed by atoms with Crippen LogP contribution in [-0.4, -0.2) is 31.8 Å². The van der Waals surface area contributed by atoms with Crippen molar-refractivity contribution in [3.8, 4) is 11.5 Å². The van der Waals surface area contributed by atoms with Gasteiger partial charge in [0.05, 0.1) is 19.9 Å². The summed E-state index contributed by atoms with van der Waals surface area (Å²) in [5.41, 5.74) is 3.29. The third-order valence-corrected chi connectivity index (χ3v) is 4.02. The molecule has 0 unspecified atom stereocenters. The maximum absolute atomic E-state index is 11.6. The summed E-state index contributed by atoms with van der Waals surface area (Å²) in [7, 11) is 1.29. The molecule has 0 bridgehead atoms. The van der Waals surface area contributed by atoms with Crippen molar-refractivity contribution in [2.24, 2.45) is 11.0 Å². The average Bonchev–Trinajstić information content (AvgIpc) is 3.45. The fraction of sp³-hybridized carbons (Fsp3) is 0.350. The van der Waals surface area contributed by atoms with E-state index in [1.165, 1.54) is 13.2 Å². The fourth-order valence-electron chi connectivity index (χ4n) is 2.41. The Balaban J connectivity index is 1.63. The van der Waals surface area contributed by atoms with Crippen molar-refractivity contribution in [3.05, 3.63) is 47.4 Å². The van der Waals surface area contributed by atoms with Gasteiger partial charge in [-0.3, -0.25) is 4.79 Å². The highest BCUT2D eigenvalue weighted by molar-refractivity contribution is 5.86. The van der Waals surface area contributed by atoms with Gasteiger partial charge in [-0.15, -0.1) is 0 Å². The van der Waals surface area contributed by atoms with E-state index in [9.17, 15) is 9.59 Å². The van der Waals surface area contributed by atoms with Gasteiger partial charge in [0.2, 0.25) is 11.7 Å². The number of amides is 1. The summed E-state index contributed by atoms with van der Waals surface area (Å²) in [4.78, 5) is 23.0. The molecular weight excluding hydrogens is 364 g/mol. The predicted octanol–water partition coefficient (Wildman–Crippen LogP) is 2.90. The fourth-order valence-corrected chi connectivity index (χ4v) is 2.41. The number of benzene rings is 1. The number of carbonyl (C=O) groups is 2. The van der Waals surface area contributed by atoms with E-state index in [1.807, 2.05) is 6.92 Å². The van der Waals surface area contributed by atoms with Gasteiger partial charge < -0.3 is 18.6 Å². The van der Waals surface area contributed by atoms with E-state index in [-0.39, 0.29) is 24.2 Å². The molecule has 1 amide bonds. The number of hydrogen-bond donors (Lipinski definition) is 1. The minimum Gasteiger partial charge on any atom is -0.490 e. The zero-order chi connectivity index (χ0) is 19.9. The van der Waals surface area contributed by atoms with Crippen molar-refractivity contribution in [3.63, 3.8) is 0 Å². The van der Waals surface area contributed by atoms with E-state index in [0.717, 1.165) is 18.4 Å². The van der Waals surface area contributed by atoms with Crippen molar-refractivity contribution in [2.75, 3.05) is 13.7 Å². The van der Waals surface area contributed by atoms with E-state index in [4.69, 9.17) is 13.9 Å². The molecule has 1 saturated carbocycles. The Hall–Kier alpha value is -3.29. The van der Waals surface area contributed by atoms with E-state index >= 15 is 0 Å². The highest BCUT2D eigenvalue weighted by atomic mass is 16.5. The Morgan fingerprint density at radius 3 is 2.75 bits per heavy atom. The number of methoxy groups -OCH3 is 1. The van der Waals surface area contributed by atoms with Gasteiger partial charge in [-0.2, -0.15) is 5.10 Å². The molecule has 28 heavy (non-hydrogen) atoms. The van der Waals surface area contributed by atoms with Gasteiger partial charge in [0.15, 0.2) is 11.5 Å². The maximum atomic E-state index is 11.6. The molecule has 0 aliphatic heterocycles. The summed E-state index contributed by atoms with van der Waals surface area (Å²) in [6, 6.07) is 8.50. The number of carbonyl (C=O) groups excluding carboxylic acids is 2. The molecule has 0 saturated heterocycles. The molecule has 1 aromatic carbocycles. The Labute approximate surface area is 162 Å². The first-order chi connectivity index (χ1) is 13.6. The third-order valence-electron chi connectivity index (χ3n) is 4.02. The van der Waals surface area contributed by atoms with Gasteiger partial charge in [-0.1, -0.05) is 0 Å². The highest BCUT2D eigenvalue weighted by Crippen LogP contribution is 2.30. The molecular formula is C20H22N2O6. The van der Waals surface area contributed by atoms with Gasteiger partial charge in [-0.05, 0) is 55.7 Å². The van der Waals surface area contributed by atoms with Crippen molar-refractivity contribution in [2.45, 2.75) is 26.4 Å². The van der Waals surface area contributed by atoms with Crippen molar-refractivity contribution in [1.29, 1.82) is 0 Å². The molecule has 2 aromatic rings. The molecule has 1 fully saturated rings. The third kappa shape index (κ3) is 5.12. The lowest BCUT2D eigenvalue weighted by molar-refractivity contribution is -0.122. The summed E-state index contributed by atoms with van der Waals surface area (Å²) >= 11 is 0. The summed E-state index contributed by atoms with van der Waals surface area (Å²) in [5, 5.41) is 3.97. The number of ether oxygens (including phenoxy) is 3. The summed E-state index contributed by atoms with van der Waals surface area (Å²) in [6.07, 6.45) is 3.42. The number of hydrazone groups is 1. The number of hydrogen-bond acceptors (Lipinski definition) is 7. The van der Waals surface area contributed by atoms with Gasteiger partial charge >= 0.3 is 5.97 Å². The van der Waals surface area contributed by atoms with E-state index in [0.29, 0.717) is 23.9 Å². The van der Waals surface area contributed by atoms with Crippen LogP contribution in [0.4, 0.5) is 0 Å².